The van der Waals surface area contributed by atoms with Crippen molar-refractivity contribution < 1.29 is 23.9 Å². The number of amidine groups is 1. The van der Waals surface area contributed by atoms with E-state index in [0.29, 0.717) is 0 Å². The average Bonchev–Trinajstić information content (AvgIpc) is 2.62. The van der Waals surface area contributed by atoms with Gasteiger partial charge in [-0.25, -0.2) is 14.6 Å². The molecular weight excluding hydrogens is 266 g/mol. The molecule has 20 heavy (non-hydrogen) atoms. The first-order chi connectivity index (χ1) is 9.29. The predicted octanol–water partition coefficient (Wildman–Crippen LogP) is 1.56. The molecule has 1 aliphatic heterocycles. The van der Waals surface area contributed by atoms with Gasteiger partial charge in [0.2, 0.25) is 5.66 Å². The van der Waals surface area contributed by atoms with Gasteiger partial charge in [0.15, 0.2) is 5.78 Å². The Morgan fingerprint density at radius 3 is 2.10 bits per heavy atom. The van der Waals surface area contributed by atoms with E-state index in [0.717, 1.165) is 10.0 Å². The van der Waals surface area contributed by atoms with Crippen LogP contribution in [-0.4, -0.2) is 52.7 Å². The van der Waals surface area contributed by atoms with Crippen LogP contribution in [0.25, 0.3) is 0 Å². The lowest BCUT2D eigenvalue weighted by atomic mass is 10.1. The van der Waals surface area contributed by atoms with E-state index in [1.807, 2.05) is 0 Å². The van der Waals surface area contributed by atoms with Gasteiger partial charge in [-0.3, -0.25) is 4.79 Å². The van der Waals surface area contributed by atoms with Gasteiger partial charge in [0.25, 0.3) is 0 Å². The van der Waals surface area contributed by atoms with Crippen LogP contribution in [0.2, 0.25) is 0 Å². The van der Waals surface area contributed by atoms with E-state index < -0.39 is 23.6 Å². The number of hydrogen-bond acceptors (Lipinski definition) is 6. The van der Waals surface area contributed by atoms with Crippen LogP contribution >= 0.6 is 0 Å². The molecule has 1 unspecified atom stereocenters. The minimum atomic E-state index is -1.51. The van der Waals surface area contributed by atoms with Crippen molar-refractivity contribution in [1.82, 2.24) is 10.0 Å². The Balaban J connectivity index is 3.22. The second kappa shape index (κ2) is 5.89. The summed E-state index contributed by atoms with van der Waals surface area (Å²) in [5.74, 6) is -0.203. The largest absolute Gasteiger partial charge is 0.448 e. The number of carbonyl (C=O) groups is 3. The molecular formula is C12H19N3O5. The second-order valence-corrected chi connectivity index (χ2v) is 4.26. The van der Waals surface area contributed by atoms with Gasteiger partial charge in [-0.05, 0) is 34.6 Å². The molecule has 0 aromatic rings. The van der Waals surface area contributed by atoms with Gasteiger partial charge in [0.1, 0.15) is 5.84 Å². The highest BCUT2D eigenvalue weighted by molar-refractivity contribution is 6.02. The monoisotopic (exact) mass is 285 g/mol. The summed E-state index contributed by atoms with van der Waals surface area (Å²) in [6.45, 7) is 7.75. The Kier molecular flexibility index (Phi) is 4.69. The highest BCUT2D eigenvalue weighted by atomic mass is 16.6. The highest BCUT2D eigenvalue weighted by Gasteiger charge is 2.52. The van der Waals surface area contributed by atoms with Gasteiger partial charge in [-0.1, -0.05) is 0 Å². The first-order valence-corrected chi connectivity index (χ1v) is 6.30. The molecule has 1 heterocycles. The number of amides is 2. The van der Waals surface area contributed by atoms with E-state index in [2.05, 4.69) is 4.99 Å². The molecule has 1 rings (SSSR count). The minimum absolute atomic E-state index is 0.110. The lowest BCUT2D eigenvalue weighted by Crippen LogP contribution is -2.58. The van der Waals surface area contributed by atoms with E-state index in [1.165, 1.54) is 20.8 Å². The summed E-state index contributed by atoms with van der Waals surface area (Å²) in [5, 5.41) is 1.80. The molecule has 0 saturated heterocycles. The fraction of sp³-hybridized carbons (Fsp3) is 0.667. The van der Waals surface area contributed by atoms with Crippen molar-refractivity contribution in [2.45, 2.75) is 40.3 Å². The van der Waals surface area contributed by atoms with Gasteiger partial charge in [-0.15, -0.1) is 0 Å². The third-order valence-corrected chi connectivity index (χ3v) is 2.85. The van der Waals surface area contributed by atoms with Crippen LogP contribution in [0.4, 0.5) is 9.59 Å². The fourth-order valence-electron chi connectivity index (χ4n) is 1.82. The number of hydrazine groups is 1. The van der Waals surface area contributed by atoms with Crippen LogP contribution in [0.3, 0.4) is 0 Å². The number of aliphatic imine (C=N–C) groups is 1. The third kappa shape index (κ3) is 2.59. The third-order valence-electron chi connectivity index (χ3n) is 2.85. The second-order valence-electron chi connectivity index (χ2n) is 4.26. The van der Waals surface area contributed by atoms with Crippen molar-refractivity contribution >= 4 is 23.8 Å². The van der Waals surface area contributed by atoms with Crippen LogP contribution in [0, 0.1) is 0 Å². The molecule has 0 bridgehead atoms. The quantitative estimate of drug-likeness (QED) is 0.785. The zero-order valence-corrected chi connectivity index (χ0v) is 12.3. The topological polar surface area (TPSA) is 88.5 Å². The summed E-state index contributed by atoms with van der Waals surface area (Å²) in [6.07, 6.45) is -1.62. The zero-order valence-electron chi connectivity index (χ0n) is 12.3. The van der Waals surface area contributed by atoms with Crippen LogP contribution < -0.4 is 0 Å². The normalized spacial score (nSPS) is 21.6. The predicted molar refractivity (Wildman–Crippen MR) is 69.9 cm³/mol. The molecule has 1 aliphatic rings. The molecule has 112 valence electrons. The van der Waals surface area contributed by atoms with Crippen LogP contribution in [-0.2, 0) is 14.3 Å². The van der Waals surface area contributed by atoms with Crippen molar-refractivity contribution in [1.29, 1.82) is 0 Å². The summed E-state index contributed by atoms with van der Waals surface area (Å²) < 4.78 is 9.76. The first kappa shape index (κ1) is 15.9. The van der Waals surface area contributed by atoms with E-state index in [-0.39, 0.29) is 19.0 Å². The van der Waals surface area contributed by atoms with E-state index in [1.54, 1.807) is 13.8 Å². The Bertz CT molecular complexity index is 462. The molecule has 0 spiro atoms. The molecule has 0 radical (unpaired) electrons. The number of carbonyl (C=O) groups excluding carboxylic acids is 3. The molecule has 1 atom stereocenters. The number of ether oxygens (including phenoxy) is 2. The SMILES string of the molecule is CCOC(=O)N1C(C)=NC(C)(C(C)=O)N1C(=O)OCC. The van der Waals surface area contributed by atoms with E-state index >= 15 is 0 Å². The maximum Gasteiger partial charge on any atom is 0.435 e. The Morgan fingerprint density at radius 1 is 1.15 bits per heavy atom. The molecule has 0 fully saturated rings. The Morgan fingerprint density at radius 2 is 1.65 bits per heavy atom. The molecule has 8 heteroatoms. The lowest BCUT2D eigenvalue weighted by molar-refractivity contribution is -0.130. The summed E-state index contributed by atoms with van der Waals surface area (Å²) in [7, 11) is 0. The number of Topliss-reactive ketones (excluding diaryl/α,β-unsaturated/α-hetero) is 1. The van der Waals surface area contributed by atoms with Crippen LogP contribution in [0.15, 0.2) is 4.99 Å². The van der Waals surface area contributed by atoms with Crippen molar-refractivity contribution in [3.8, 4) is 0 Å². The maximum absolute atomic E-state index is 12.1. The molecule has 2 amide bonds. The van der Waals surface area contributed by atoms with Gasteiger partial charge < -0.3 is 9.47 Å². The Labute approximate surface area is 117 Å². The fourth-order valence-corrected chi connectivity index (χ4v) is 1.82. The summed E-state index contributed by atoms with van der Waals surface area (Å²) >= 11 is 0. The molecule has 0 aliphatic carbocycles. The highest BCUT2D eigenvalue weighted by Crippen LogP contribution is 2.29. The number of rotatable bonds is 3. The van der Waals surface area contributed by atoms with Crippen LogP contribution in [0.1, 0.15) is 34.6 Å². The number of ketones is 1. The van der Waals surface area contributed by atoms with E-state index in [9.17, 15) is 14.4 Å². The Hall–Kier alpha value is -2.12. The van der Waals surface area contributed by atoms with Gasteiger partial charge in [-0.2, -0.15) is 10.0 Å². The molecule has 8 nitrogen and oxygen atoms in total. The smallest absolute Gasteiger partial charge is 0.435 e. The summed E-state index contributed by atoms with van der Waals surface area (Å²) in [6, 6.07) is 0. The lowest BCUT2D eigenvalue weighted by Gasteiger charge is -2.34. The van der Waals surface area contributed by atoms with Gasteiger partial charge in [0.05, 0.1) is 13.2 Å². The molecule has 0 aromatic heterocycles. The standard InChI is InChI=1S/C12H19N3O5/c1-6-19-10(17)14-9(4)13-12(5,8(3)16)15(14)11(18)20-7-2/h6-7H2,1-5H3. The van der Waals surface area contributed by atoms with Crippen molar-refractivity contribution in [2.75, 3.05) is 13.2 Å². The molecule has 0 saturated carbocycles. The zero-order chi connectivity index (χ0) is 15.5. The maximum atomic E-state index is 12.1. The van der Waals surface area contributed by atoms with Crippen molar-refractivity contribution in [2.24, 2.45) is 4.99 Å². The first-order valence-electron chi connectivity index (χ1n) is 6.30. The van der Waals surface area contributed by atoms with Crippen molar-refractivity contribution in [3.63, 3.8) is 0 Å². The average molecular weight is 285 g/mol. The molecule has 0 aromatic carbocycles. The number of hydrogen-bond donors (Lipinski definition) is 0. The van der Waals surface area contributed by atoms with Crippen LogP contribution in [0.5, 0.6) is 0 Å². The number of nitrogens with zero attached hydrogens (tertiary/aromatic N) is 3. The van der Waals surface area contributed by atoms with Crippen molar-refractivity contribution in [3.05, 3.63) is 0 Å². The van der Waals surface area contributed by atoms with Gasteiger partial charge in [0, 0.05) is 0 Å². The minimum Gasteiger partial charge on any atom is -0.448 e. The van der Waals surface area contributed by atoms with Gasteiger partial charge >= 0.3 is 12.2 Å². The summed E-state index contributed by atoms with van der Waals surface area (Å²) in [4.78, 5) is 39.9. The van der Waals surface area contributed by atoms with E-state index in [4.69, 9.17) is 9.47 Å². The molecule has 0 N–H and O–H groups in total. The summed E-state index contributed by atoms with van der Waals surface area (Å²) in [5.41, 5.74) is -1.51.